The van der Waals surface area contributed by atoms with Gasteiger partial charge in [-0.3, -0.25) is 4.99 Å². The summed E-state index contributed by atoms with van der Waals surface area (Å²) in [5.74, 6) is 0. The molecule has 0 aromatic heterocycles. The van der Waals surface area contributed by atoms with Crippen LogP contribution in [0.4, 0.5) is 0 Å². The van der Waals surface area contributed by atoms with Gasteiger partial charge < -0.3 is 9.62 Å². The van der Waals surface area contributed by atoms with Gasteiger partial charge in [-0.05, 0) is 93.1 Å². The van der Waals surface area contributed by atoms with Gasteiger partial charge in [0.1, 0.15) is 0 Å². The fourth-order valence-corrected chi connectivity index (χ4v) is 5.81. The van der Waals surface area contributed by atoms with Gasteiger partial charge in [0.2, 0.25) is 0 Å². The third-order valence-electron chi connectivity index (χ3n) is 6.28. The van der Waals surface area contributed by atoms with Gasteiger partial charge in [-0.25, -0.2) is 0 Å². The molecule has 1 unspecified atom stereocenters. The van der Waals surface area contributed by atoms with E-state index >= 15 is 0 Å². The molecular weight excluding hydrogens is 374 g/mol. The van der Waals surface area contributed by atoms with Gasteiger partial charge in [-0.1, -0.05) is 37.1 Å². The summed E-state index contributed by atoms with van der Waals surface area (Å²) in [5, 5.41) is 3.92. The lowest BCUT2D eigenvalue weighted by molar-refractivity contribution is 0.535. The summed E-state index contributed by atoms with van der Waals surface area (Å²) >= 11 is 1.89. The zero-order valence-electron chi connectivity index (χ0n) is 18.0. The maximum Gasteiger partial charge on any atom is 0.0605 e. The first-order valence-corrected chi connectivity index (χ1v) is 12.2. The van der Waals surface area contributed by atoms with Crippen LogP contribution in [0.25, 0.3) is 0 Å². The summed E-state index contributed by atoms with van der Waals surface area (Å²) in [6.45, 7) is 4.35. The predicted molar refractivity (Wildman–Crippen MR) is 126 cm³/mol. The van der Waals surface area contributed by atoms with Crippen LogP contribution in [-0.4, -0.2) is 30.2 Å². The Hall–Kier alpha value is -1.52. The summed E-state index contributed by atoms with van der Waals surface area (Å²) in [5.41, 5.74) is 7.20. The Morgan fingerprint density at radius 2 is 2.07 bits per heavy atom. The molecule has 29 heavy (non-hydrogen) atoms. The molecule has 4 rings (SSSR count). The average molecular weight is 410 g/mol. The molecular formula is C25H35N3S. The average Bonchev–Trinajstić information content (AvgIpc) is 3.21. The van der Waals surface area contributed by atoms with E-state index in [1.165, 1.54) is 77.9 Å². The summed E-state index contributed by atoms with van der Waals surface area (Å²) in [7, 11) is 2.22. The van der Waals surface area contributed by atoms with Gasteiger partial charge in [-0.15, -0.1) is 0 Å². The van der Waals surface area contributed by atoms with Crippen molar-refractivity contribution in [1.82, 2.24) is 9.62 Å². The minimum Gasteiger partial charge on any atom is -0.319 e. The first-order valence-electron chi connectivity index (χ1n) is 11.4. The van der Waals surface area contributed by atoms with Crippen LogP contribution in [0.1, 0.15) is 75.0 Å². The number of nitrogens with one attached hydrogen (secondary N) is 1. The zero-order valence-corrected chi connectivity index (χ0v) is 18.9. The molecule has 1 N–H and O–H groups in total. The number of fused-ring (bicyclic) bond motifs is 1. The third-order valence-corrected chi connectivity index (χ3v) is 7.33. The Morgan fingerprint density at radius 1 is 1.17 bits per heavy atom. The molecule has 1 aromatic rings. The lowest BCUT2D eigenvalue weighted by atomic mass is 9.91. The second-order valence-electron chi connectivity index (χ2n) is 8.58. The monoisotopic (exact) mass is 409 g/mol. The van der Waals surface area contributed by atoms with Gasteiger partial charge >= 0.3 is 0 Å². The van der Waals surface area contributed by atoms with E-state index in [4.69, 9.17) is 0 Å². The van der Waals surface area contributed by atoms with Crippen molar-refractivity contribution in [2.45, 2.75) is 75.6 Å². The quantitative estimate of drug-likeness (QED) is 0.399. The number of unbranched alkanes of at least 4 members (excludes halogenated alkanes) is 3. The van der Waals surface area contributed by atoms with Crippen LogP contribution in [0.3, 0.4) is 0 Å². The fraction of sp³-hybridized carbons (Fsp3) is 0.560. The number of benzene rings is 1. The van der Waals surface area contributed by atoms with Crippen molar-refractivity contribution in [3.63, 3.8) is 0 Å². The Bertz CT molecular complexity index is 808. The molecule has 0 bridgehead atoms. The molecule has 0 amide bonds. The van der Waals surface area contributed by atoms with E-state index in [0.717, 1.165) is 25.9 Å². The standard InChI is InChI=1S/C25H35N3S/c1-19-14-15-22-24(18-19)29-28(2)23-13-7-6-12-21(23)25(22)27-16-8-4-3-5-10-20-11-9-17-26-20/h6,12,14-15,18,25,27H,3-5,7-11,13,16-17H2,1-2H3. The highest BCUT2D eigenvalue weighted by molar-refractivity contribution is 7.97. The largest absolute Gasteiger partial charge is 0.319 e. The van der Waals surface area contributed by atoms with E-state index in [9.17, 15) is 0 Å². The predicted octanol–water partition coefficient (Wildman–Crippen LogP) is 6.37. The molecule has 1 atom stereocenters. The number of hydrogen-bond donors (Lipinski definition) is 1. The fourth-order valence-electron chi connectivity index (χ4n) is 4.68. The van der Waals surface area contributed by atoms with Crippen LogP contribution in [0.15, 0.2) is 51.5 Å². The van der Waals surface area contributed by atoms with Crippen molar-refractivity contribution in [2.75, 3.05) is 20.1 Å². The lowest BCUT2D eigenvalue weighted by Gasteiger charge is -2.26. The molecule has 4 heteroatoms. The van der Waals surface area contributed by atoms with Gasteiger partial charge in [0.15, 0.2) is 0 Å². The number of aliphatic imine (C=N–C) groups is 1. The van der Waals surface area contributed by atoms with Crippen molar-refractivity contribution < 1.29 is 0 Å². The number of rotatable bonds is 8. The zero-order chi connectivity index (χ0) is 20.1. The van der Waals surface area contributed by atoms with Crippen LogP contribution in [-0.2, 0) is 0 Å². The van der Waals surface area contributed by atoms with Crippen molar-refractivity contribution in [3.05, 3.63) is 52.7 Å². The van der Waals surface area contributed by atoms with Gasteiger partial charge in [0.25, 0.3) is 0 Å². The van der Waals surface area contributed by atoms with E-state index < -0.39 is 0 Å². The van der Waals surface area contributed by atoms with E-state index in [2.05, 4.69) is 58.9 Å². The highest BCUT2D eigenvalue weighted by Gasteiger charge is 2.28. The molecule has 156 valence electrons. The molecule has 0 fully saturated rings. The van der Waals surface area contributed by atoms with Gasteiger partial charge in [-0.2, -0.15) is 0 Å². The number of hydrogen-bond acceptors (Lipinski definition) is 4. The maximum atomic E-state index is 4.60. The van der Waals surface area contributed by atoms with Crippen LogP contribution in [0, 0.1) is 6.92 Å². The molecule has 2 aliphatic heterocycles. The maximum absolute atomic E-state index is 4.60. The molecule has 2 heterocycles. The minimum absolute atomic E-state index is 0.308. The Morgan fingerprint density at radius 3 is 2.93 bits per heavy atom. The van der Waals surface area contributed by atoms with E-state index in [1.807, 2.05) is 11.9 Å². The molecule has 0 saturated carbocycles. The number of nitrogens with zero attached hydrogens (tertiary/aromatic N) is 2. The highest BCUT2D eigenvalue weighted by Crippen LogP contribution is 2.43. The topological polar surface area (TPSA) is 27.6 Å². The number of aryl methyl sites for hydroxylation is 1. The van der Waals surface area contributed by atoms with E-state index in [1.54, 1.807) is 0 Å². The summed E-state index contributed by atoms with van der Waals surface area (Å²) in [6, 6.07) is 7.25. The smallest absolute Gasteiger partial charge is 0.0605 e. The highest BCUT2D eigenvalue weighted by atomic mass is 32.2. The molecule has 0 spiro atoms. The molecule has 3 aliphatic rings. The normalized spacial score (nSPS) is 21.1. The Labute approximate surface area is 180 Å². The first kappa shape index (κ1) is 20.7. The minimum atomic E-state index is 0.308. The van der Waals surface area contributed by atoms with Crippen molar-refractivity contribution >= 4 is 17.7 Å². The Balaban J connectivity index is 1.36. The van der Waals surface area contributed by atoms with Crippen molar-refractivity contribution in [2.24, 2.45) is 4.99 Å². The molecule has 3 nitrogen and oxygen atoms in total. The van der Waals surface area contributed by atoms with Gasteiger partial charge in [0.05, 0.1) is 6.04 Å². The molecule has 1 aliphatic carbocycles. The summed E-state index contributed by atoms with van der Waals surface area (Å²) in [4.78, 5) is 5.99. The van der Waals surface area contributed by atoms with E-state index in [0.29, 0.717) is 6.04 Å². The summed E-state index contributed by atoms with van der Waals surface area (Å²) < 4.78 is 2.39. The lowest BCUT2D eigenvalue weighted by Crippen LogP contribution is -2.26. The number of allylic oxidation sites excluding steroid dienone is 2. The second-order valence-corrected chi connectivity index (χ2v) is 9.75. The van der Waals surface area contributed by atoms with Crippen molar-refractivity contribution in [1.29, 1.82) is 0 Å². The van der Waals surface area contributed by atoms with Crippen LogP contribution in [0.5, 0.6) is 0 Å². The van der Waals surface area contributed by atoms with Crippen molar-refractivity contribution in [3.8, 4) is 0 Å². The van der Waals surface area contributed by atoms with E-state index in [-0.39, 0.29) is 0 Å². The van der Waals surface area contributed by atoms with Gasteiger partial charge in [0, 0.05) is 29.9 Å². The Kier molecular flexibility index (Phi) is 7.15. The van der Waals surface area contributed by atoms with Crippen LogP contribution >= 0.6 is 11.9 Å². The molecule has 1 aromatic carbocycles. The molecule has 0 saturated heterocycles. The van der Waals surface area contributed by atoms with Crippen LogP contribution in [0.2, 0.25) is 0 Å². The molecule has 0 radical (unpaired) electrons. The summed E-state index contributed by atoms with van der Waals surface area (Å²) in [6.07, 6.45) is 16.0. The van der Waals surface area contributed by atoms with Crippen LogP contribution < -0.4 is 5.32 Å². The second kappa shape index (κ2) is 9.99. The first-order chi connectivity index (χ1) is 14.2. The third kappa shape index (κ3) is 5.16. The SMILES string of the molecule is Cc1ccc2c(c1)SN(C)C1=C(C=CCC1)C2NCCCCCCC1=NCCC1.